The van der Waals surface area contributed by atoms with Gasteiger partial charge in [0.1, 0.15) is 11.6 Å². The number of ether oxygens (including phenoxy) is 1. The summed E-state index contributed by atoms with van der Waals surface area (Å²) in [6.07, 6.45) is 3.22. The highest BCUT2D eigenvalue weighted by Crippen LogP contribution is 2.24. The van der Waals surface area contributed by atoms with Gasteiger partial charge in [0, 0.05) is 18.4 Å². The van der Waals surface area contributed by atoms with Gasteiger partial charge in [-0.25, -0.2) is 4.39 Å². The lowest BCUT2D eigenvalue weighted by Crippen LogP contribution is -2.23. The van der Waals surface area contributed by atoms with Gasteiger partial charge in [-0.05, 0) is 41.3 Å². The Labute approximate surface area is 191 Å². The average molecular weight is 455 g/mol. The predicted molar refractivity (Wildman–Crippen MR) is 125 cm³/mol. The summed E-state index contributed by atoms with van der Waals surface area (Å²) in [5.74, 6) is 1.80. The van der Waals surface area contributed by atoms with Crippen LogP contribution in [0.15, 0.2) is 59.8 Å². The quantitative estimate of drug-likeness (QED) is 0.355. The van der Waals surface area contributed by atoms with Gasteiger partial charge in [0.2, 0.25) is 5.91 Å². The van der Waals surface area contributed by atoms with E-state index in [1.54, 1.807) is 25.3 Å². The summed E-state index contributed by atoms with van der Waals surface area (Å²) in [4.78, 5) is 12.3. The Hall–Kier alpha value is -3.13. The number of thioether (sulfide) groups is 1. The molecule has 2 aromatic carbocycles. The number of nitrogens with one attached hydrogen (secondary N) is 1. The topological polar surface area (TPSA) is 69.0 Å². The SMILES string of the molecule is COc1ccc(/C=C/C(=O)NCc2nnc(SCc3ccccc3F)n2CC(C)C)cc1. The van der Waals surface area contributed by atoms with Gasteiger partial charge in [0.05, 0.1) is 13.7 Å². The molecule has 3 rings (SSSR count). The Morgan fingerprint density at radius 3 is 2.62 bits per heavy atom. The summed E-state index contributed by atoms with van der Waals surface area (Å²) < 4.78 is 21.1. The summed E-state index contributed by atoms with van der Waals surface area (Å²) in [6.45, 7) is 5.17. The van der Waals surface area contributed by atoms with E-state index in [9.17, 15) is 9.18 Å². The van der Waals surface area contributed by atoms with Crippen LogP contribution in [0.1, 0.15) is 30.8 Å². The summed E-state index contributed by atoms with van der Waals surface area (Å²) in [5.41, 5.74) is 1.52. The van der Waals surface area contributed by atoms with Crippen molar-refractivity contribution in [3.63, 3.8) is 0 Å². The van der Waals surface area contributed by atoms with E-state index in [0.717, 1.165) is 11.3 Å². The van der Waals surface area contributed by atoms with Gasteiger partial charge in [-0.1, -0.05) is 55.9 Å². The van der Waals surface area contributed by atoms with Crippen LogP contribution in [0.25, 0.3) is 6.08 Å². The van der Waals surface area contributed by atoms with Crippen molar-refractivity contribution in [3.8, 4) is 5.75 Å². The molecule has 3 aromatic rings. The van der Waals surface area contributed by atoms with E-state index in [4.69, 9.17) is 4.74 Å². The fourth-order valence-electron chi connectivity index (χ4n) is 2.97. The zero-order valence-electron chi connectivity index (χ0n) is 18.4. The third-order valence-electron chi connectivity index (χ3n) is 4.62. The van der Waals surface area contributed by atoms with E-state index < -0.39 is 0 Å². The highest BCUT2D eigenvalue weighted by Gasteiger charge is 2.15. The van der Waals surface area contributed by atoms with Gasteiger partial charge in [-0.3, -0.25) is 4.79 Å². The first-order chi connectivity index (χ1) is 15.5. The molecule has 0 aliphatic rings. The lowest BCUT2D eigenvalue weighted by molar-refractivity contribution is -0.116. The molecule has 32 heavy (non-hydrogen) atoms. The second kappa shape index (κ2) is 11.5. The highest BCUT2D eigenvalue weighted by atomic mass is 32.2. The molecule has 0 unspecified atom stereocenters. The number of carbonyl (C=O) groups excluding carboxylic acids is 1. The summed E-state index contributed by atoms with van der Waals surface area (Å²) in [5, 5.41) is 12.1. The van der Waals surface area contributed by atoms with Crippen LogP contribution >= 0.6 is 11.8 Å². The molecular weight excluding hydrogens is 427 g/mol. The average Bonchev–Trinajstić information content (AvgIpc) is 3.16. The number of aromatic nitrogens is 3. The molecule has 0 spiro atoms. The zero-order valence-corrected chi connectivity index (χ0v) is 19.2. The first kappa shape index (κ1) is 23.5. The maximum Gasteiger partial charge on any atom is 0.244 e. The van der Waals surface area contributed by atoms with E-state index in [2.05, 4.69) is 29.4 Å². The first-order valence-electron chi connectivity index (χ1n) is 10.3. The number of halogens is 1. The molecule has 1 heterocycles. The number of amides is 1. The van der Waals surface area contributed by atoms with Crippen molar-refractivity contribution in [1.29, 1.82) is 0 Å². The molecule has 0 aliphatic carbocycles. The third-order valence-corrected chi connectivity index (χ3v) is 5.64. The fourth-order valence-corrected chi connectivity index (χ4v) is 3.93. The molecule has 0 bridgehead atoms. The fraction of sp³-hybridized carbons (Fsp3) is 0.292. The van der Waals surface area contributed by atoms with Crippen LogP contribution in [0.3, 0.4) is 0 Å². The molecule has 1 aromatic heterocycles. The predicted octanol–water partition coefficient (Wildman–Crippen LogP) is 4.70. The second-order valence-corrected chi connectivity index (χ2v) is 8.55. The van der Waals surface area contributed by atoms with E-state index in [-0.39, 0.29) is 18.3 Å². The minimum Gasteiger partial charge on any atom is -0.497 e. The van der Waals surface area contributed by atoms with E-state index >= 15 is 0 Å². The van der Waals surface area contributed by atoms with E-state index in [1.165, 1.54) is 23.9 Å². The number of nitrogens with zero attached hydrogens (tertiary/aromatic N) is 3. The Kier molecular flexibility index (Phi) is 8.44. The first-order valence-corrected chi connectivity index (χ1v) is 11.3. The maximum absolute atomic E-state index is 13.9. The number of rotatable bonds is 10. The molecule has 0 radical (unpaired) electrons. The number of benzene rings is 2. The smallest absolute Gasteiger partial charge is 0.244 e. The number of hydrogen-bond donors (Lipinski definition) is 1. The Morgan fingerprint density at radius 2 is 1.94 bits per heavy atom. The normalized spacial score (nSPS) is 11.3. The summed E-state index contributed by atoms with van der Waals surface area (Å²) >= 11 is 1.43. The minimum atomic E-state index is -0.231. The van der Waals surface area contributed by atoms with Gasteiger partial charge in [-0.2, -0.15) is 0 Å². The van der Waals surface area contributed by atoms with Gasteiger partial charge in [0.15, 0.2) is 11.0 Å². The zero-order chi connectivity index (χ0) is 22.9. The molecule has 168 valence electrons. The lowest BCUT2D eigenvalue weighted by Gasteiger charge is -2.12. The molecule has 0 fully saturated rings. The van der Waals surface area contributed by atoms with Crippen LogP contribution in [-0.4, -0.2) is 27.8 Å². The van der Waals surface area contributed by atoms with Crippen LogP contribution < -0.4 is 10.1 Å². The summed E-state index contributed by atoms with van der Waals surface area (Å²) in [7, 11) is 1.61. The number of methoxy groups -OCH3 is 1. The molecular formula is C24H27FN4O2S. The largest absolute Gasteiger partial charge is 0.497 e. The van der Waals surface area contributed by atoms with Crippen molar-refractivity contribution in [2.75, 3.05) is 7.11 Å². The Bertz CT molecular complexity index is 1060. The minimum absolute atomic E-state index is 0.222. The van der Waals surface area contributed by atoms with Crippen LogP contribution in [0, 0.1) is 11.7 Å². The van der Waals surface area contributed by atoms with Gasteiger partial charge < -0.3 is 14.6 Å². The monoisotopic (exact) mass is 454 g/mol. The Balaban J connectivity index is 1.62. The lowest BCUT2D eigenvalue weighted by atomic mass is 10.2. The molecule has 8 heteroatoms. The maximum atomic E-state index is 13.9. The van der Waals surface area contributed by atoms with Crippen LogP contribution in [-0.2, 0) is 23.6 Å². The van der Waals surface area contributed by atoms with Crippen LogP contribution in [0.4, 0.5) is 4.39 Å². The molecule has 6 nitrogen and oxygen atoms in total. The number of hydrogen-bond acceptors (Lipinski definition) is 5. The standard InChI is InChI=1S/C24H27FN4O2S/c1-17(2)15-29-22(27-28-24(29)32-16-19-6-4-5-7-21(19)25)14-26-23(30)13-10-18-8-11-20(31-3)12-9-18/h4-13,17H,14-16H2,1-3H3,(H,26,30)/b13-10+. The molecule has 1 N–H and O–H groups in total. The van der Waals surface area contributed by atoms with Crippen LogP contribution in [0.2, 0.25) is 0 Å². The molecule has 0 aliphatic heterocycles. The van der Waals surface area contributed by atoms with E-state index in [0.29, 0.717) is 34.8 Å². The van der Waals surface area contributed by atoms with Crippen LogP contribution in [0.5, 0.6) is 5.75 Å². The highest BCUT2D eigenvalue weighted by molar-refractivity contribution is 7.98. The van der Waals surface area contributed by atoms with Gasteiger partial charge in [-0.15, -0.1) is 10.2 Å². The molecule has 0 saturated carbocycles. The van der Waals surface area contributed by atoms with Gasteiger partial charge >= 0.3 is 0 Å². The summed E-state index contributed by atoms with van der Waals surface area (Å²) in [6, 6.07) is 14.1. The van der Waals surface area contributed by atoms with Gasteiger partial charge in [0.25, 0.3) is 0 Å². The van der Waals surface area contributed by atoms with Crippen molar-refractivity contribution >= 4 is 23.7 Å². The van der Waals surface area contributed by atoms with Crippen molar-refractivity contribution < 1.29 is 13.9 Å². The Morgan fingerprint density at radius 1 is 1.19 bits per heavy atom. The third kappa shape index (κ3) is 6.68. The van der Waals surface area contributed by atoms with E-state index in [1.807, 2.05) is 34.9 Å². The van der Waals surface area contributed by atoms with Crippen molar-refractivity contribution in [1.82, 2.24) is 20.1 Å². The van der Waals surface area contributed by atoms with Crippen molar-refractivity contribution in [3.05, 3.63) is 77.4 Å². The van der Waals surface area contributed by atoms with Crippen molar-refractivity contribution in [2.24, 2.45) is 5.92 Å². The van der Waals surface area contributed by atoms with Crippen molar-refractivity contribution in [2.45, 2.75) is 37.8 Å². The molecule has 0 saturated heterocycles. The molecule has 1 amide bonds. The molecule has 0 atom stereocenters. The number of carbonyl (C=O) groups is 1. The second-order valence-electron chi connectivity index (χ2n) is 7.61.